The molecule has 2 amide bonds. The molecule has 0 bridgehead atoms. The topological polar surface area (TPSA) is 62.6 Å². The van der Waals surface area contributed by atoms with Crippen molar-refractivity contribution in [2.45, 2.75) is 19.3 Å². The van der Waals surface area contributed by atoms with Crippen molar-refractivity contribution in [2.24, 2.45) is 0 Å². The Kier molecular flexibility index (Phi) is 6.04. The number of amides is 2. The zero-order chi connectivity index (χ0) is 18.2. The lowest BCUT2D eigenvalue weighted by Crippen LogP contribution is -2.40. The molecule has 0 spiro atoms. The van der Waals surface area contributed by atoms with Crippen molar-refractivity contribution in [2.75, 3.05) is 13.1 Å². The predicted molar refractivity (Wildman–Crippen MR) is 101 cm³/mol. The predicted octanol–water partition coefficient (Wildman–Crippen LogP) is 3.46. The van der Waals surface area contributed by atoms with Crippen molar-refractivity contribution in [1.82, 2.24) is 10.2 Å². The number of carbonyl (C=O) groups excluding carboxylic acids is 2. The van der Waals surface area contributed by atoms with E-state index in [1.165, 1.54) is 12.3 Å². The molecule has 1 aliphatic rings. The van der Waals surface area contributed by atoms with Gasteiger partial charge in [-0.15, -0.1) is 0 Å². The summed E-state index contributed by atoms with van der Waals surface area (Å²) in [5.41, 5.74) is 1.14. The SMILES string of the molecule is O=C(/C=C/c1ccccc1)N/C(=C\c1ccco1)C(=O)N1CCCCC1. The Morgan fingerprint density at radius 1 is 1.00 bits per heavy atom. The van der Waals surface area contributed by atoms with Crippen LogP contribution in [0.4, 0.5) is 0 Å². The van der Waals surface area contributed by atoms with Gasteiger partial charge in [0.15, 0.2) is 0 Å². The molecule has 2 heterocycles. The first kappa shape index (κ1) is 17.7. The van der Waals surface area contributed by atoms with Crippen LogP contribution in [-0.2, 0) is 9.59 Å². The lowest BCUT2D eigenvalue weighted by Gasteiger charge is -2.27. The minimum absolute atomic E-state index is 0.178. The smallest absolute Gasteiger partial charge is 0.270 e. The van der Waals surface area contributed by atoms with Crippen molar-refractivity contribution in [3.05, 3.63) is 71.8 Å². The molecule has 0 unspecified atom stereocenters. The highest BCUT2D eigenvalue weighted by molar-refractivity contribution is 6.04. The van der Waals surface area contributed by atoms with Gasteiger partial charge in [0.05, 0.1) is 6.26 Å². The van der Waals surface area contributed by atoms with Crippen molar-refractivity contribution < 1.29 is 14.0 Å². The average molecular weight is 350 g/mol. The maximum atomic E-state index is 12.8. The summed E-state index contributed by atoms with van der Waals surface area (Å²) >= 11 is 0. The number of hydrogen-bond donors (Lipinski definition) is 1. The van der Waals surface area contributed by atoms with Crippen molar-refractivity contribution in [3.63, 3.8) is 0 Å². The number of hydrogen-bond acceptors (Lipinski definition) is 3. The highest BCUT2D eigenvalue weighted by Crippen LogP contribution is 2.14. The molecule has 1 fully saturated rings. The summed E-state index contributed by atoms with van der Waals surface area (Å²) in [5.74, 6) is -0.00252. The third kappa shape index (κ3) is 4.96. The first-order chi connectivity index (χ1) is 12.7. The molecule has 1 aromatic heterocycles. The van der Waals surface area contributed by atoms with Crippen LogP contribution in [0.3, 0.4) is 0 Å². The normalized spacial score (nSPS) is 15.2. The number of nitrogens with zero attached hydrogens (tertiary/aromatic N) is 1. The van der Waals surface area contributed by atoms with E-state index < -0.39 is 0 Å². The molecule has 26 heavy (non-hydrogen) atoms. The number of likely N-dealkylation sites (tertiary alicyclic amines) is 1. The van der Waals surface area contributed by atoms with Gasteiger partial charge in [-0.2, -0.15) is 0 Å². The Balaban J connectivity index is 1.74. The number of rotatable bonds is 5. The van der Waals surface area contributed by atoms with Crippen LogP contribution < -0.4 is 5.32 Å². The zero-order valence-corrected chi connectivity index (χ0v) is 14.6. The minimum atomic E-state index is -0.350. The van der Waals surface area contributed by atoms with Crippen molar-refractivity contribution >= 4 is 24.0 Å². The van der Waals surface area contributed by atoms with Crippen LogP contribution in [0.1, 0.15) is 30.6 Å². The Labute approximate surface area is 153 Å². The lowest BCUT2D eigenvalue weighted by atomic mass is 10.1. The summed E-state index contributed by atoms with van der Waals surface area (Å²) < 4.78 is 5.30. The van der Waals surface area contributed by atoms with E-state index >= 15 is 0 Å². The van der Waals surface area contributed by atoms with Gasteiger partial charge in [-0.3, -0.25) is 9.59 Å². The number of piperidine rings is 1. The largest absolute Gasteiger partial charge is 0.465 e. The monoisotopic (exact) mass is 350 g/mol. The lowest BCUT2D eigenvalue weighted by molar-refractivity contribution is -0.129. The van der Waals surface area contributed by atoms with Crippen LogP contribution in [-0.4, -0.2) is 29.8 Å². The van der Waals surface area contributed by atoms with Crippen LogP contribution in [0.25, 0.3) is 12.2 Å². The van der Waals surface area contributed by atoms with Gasteiger partial charge in [-0.25, -0.2) is 0 Å². The van der Waals surface area contributed by atoms with E-state index in [1.807, 2.05) is 30.3 Å². The summed E-state index contributed by atoms with van der Waals surface area (Å²) in [5, 5.41) is 2.71. The Bertz CT molecular complexity index is 786. The van der Waals surface area contributed by atoms with Gasteiger partial charge in [0.2, 0.25) is 5.91 Å². The van der Waals surface area contributed by atoms with Gasteiger partial charge in [-0.05, 0) is 43.0 Å². The molecule has 0 radical (unpaired) electrons. The maximum Gasteiger partial charge on any atom is 0.270 e. The Morgan fingerprint density at radius 2 is 1.77 bits per heavy atom. The molecule has 0 aliphatic carbocycles. The van der Waals surface area contributed by atoms with E-state index in [1.54, 1.807) is 29.2 Å². The van der Waals surface area contributed by atoms with E-state index in [-0.39, 0.29) is 17.5 Å². The zero-order valence-electron chi connectivity index (χ0n) is 14.6. The summed E-state index contributed by atoms with van der Waals surface area (Å²) in [6, 6.07) is 13.0. The Morgan fingerprint density at radius 3 is 2.46 bits per heavy atom. The average Bonchev–Trinajstić information content (AvgIpc) is 3.20. The van der Waals surface area contributed by atoms with E-state index in [4.69, 9.17) is 4.42 Å². The molecular weight excluding hydrogens is 328 g/mol. The van der Waals surface area contributed by atoms with E-state index in [0.29, 0.717) is 18.8 Å². The number of furan rings is 1. The summed E-state index contributed by atoms with van der Waals surface area (Å²) in [6.07, 6.45) is 9.35. The third-order valence-corrected chi connectivity index (χ3v) is 4.19. The molecule has 1 aliphatic heterocycles. The fourth-order valence-electron chi connectivity index (χ4n) is 2.84. The highest BCUT2D eigenvalue weighted by Gasteiger charge is 2.21. The van der Waals surface area contributed by atoms with E-state index in [0.717, 1.165) is 24.8 Å². The van der Waals surface area contributed by atoms with Crippen LogP contribution in [0.15, 0.2) is 64.9 Å². The Hall–Kier alpha value is -3.08. The van der Waals surface area contributed by atoms with Gasteiger partial charge in [-0.1, -0.05) is 30.3 Å². The molecule has 1 N–H and O–H groups in total. The van der Waals surface area contributed by atoms with Crippen LogP contribution in [0.2, 0.25) is 0 Å². The quantitative estimate of drug-likeness (QED) is 0.840. The van der Waals surface area contributed by atoms with Gasteiger partial charge >= 0.3 is 0 Å². The van der Waals surface area contributed by atoms with Crippen LogP contribution in [0.5, 0.6) is 0 Å². The standard InChI is InChI=1S/C21H22N2O3/c24-20(12-11-17-8-3-1-4-9-17)22-19(16-18-10-7-15-26-18)21(25)23-13-5-2-6-14-23/h1,3-4,7-12,15-16H,2,5-6,13-14H2,(H,22,24)/b12-11+,19-16-. The van der Waals surface area contributed by atoms with Gasteiger partial charge in [0.1, 0.15) is 11.5 Å². The first-order valence-corrected chi connectivity index (χ1v) is 8.81. The summed E-state index contributed by atoms with van der Waals surface area (Å²) in [7, 11) is 0. The third-order valence-electron chi connectivity index (χ3n) is 4.19. The molecule has 3 rings (SSSR count). The molecule has 1 aromatic carbocycles. The molecule has 5 heteroatoms. The van der Waals surface area contributed by atoms with Gasteiger partial charge in [0, 0.05) is 25.2 Å². The van der Waals surface area contributed by atoms with Crippen LogP contribution in [0, 0.1) is 0 Å². The fraction of sp³-hybridized carbons (Fsp3) is 0.238. The van der Waals surface area contributed by atoms with Crippen molar-refractivity contribution in [3.8, 4) is 0 Å². The summed E-state index contributed by atoms with van der Waals surface area (Å²) in [4.78, 5) is 26.9. The molecule has 0 saturated carbocycles. The number of benzene rings is 1. The first-order valence-electron chi connectivity index (χ1n) is 8.81. The van der Waals surface area contributed by atoms with E-state index in [2.05, 4.69) is 5.32 Å². The maximum absolute atomic E-state index is 12.8. The van der Waals surface area contributed by atoms with Gasteiger partial charge in [0.25, 0.3) is 5.91 Å². The molecule has 5 nitrogen and oxygen atoms in total. The minimum Gasteiger partial charge on any atom is -0.465 e. The second-order valence-corrected chi connectivity index (χ2v) is 6.16. The number of carbonyl (C=O) groups is 2. The fourth-order valence-corrected chi connectivity index (χ4v) is 2.84. The van der Waals surface area contributed by atoms with Crippen LogP contribution >= 0.6 is 0 Å². The molecule has 0 atom stereocenters. The molecule has 1 saturated heterocycles. The number of nitrogens with one attached hydrogen (secondary N) is 1. The molecule has 2 aromatic rings. The molecule has 134 valence electrons. The van der Waals surface area contributed by atoms with Gasteiger partial charge < -0.3 is 14.6 Å². The van der Waals surface area contributed by atoms with Crippen molar-refractivity contribution in [1.29, 1.82) is 0 Å². The second-order valence-electron chi connectivity index (χ2n) is 6.16. The summed E-state index contributed by atoms with van der Waals surface area (Å²) in [6.45, 7) is 1.42. The second kappa shape index (κ2) is 8.85. The molecular formula is C21H22N2O3. The van der Waals surface area contributed by atoms with E-state index in [9.17, 15) is 9.59 Å². The highest BCUT2D eigenvalue weighted by atomic mass is 16.3.